The number of H-pyrrole nitrogens is 1. The minimum absolute atomic E-state index is 0.0511. The molecule has 0 spiro atoms. The molecule has 0 saturated carbocycles. The smallest absolute Gasteiger partial charge is 0.422 e. The summed E-state index contributed by atoms with van der Waals surface area (Å²) in [6.07, 6.45) is -3.37. The maximum atomic E-state index is 12.7. The van der Waals surface area contributed by atoms with Crippen LogP contribution in [0, 0.1) is 20.8 Å². The van der Waals surface area contributed by atoms with Gasteiger partial charge in [-0.15, -0.1) is 0 Å². The van der Waals surface area contributed by atoms with E-state index < -0.39 is 17.4 Å². The van der Waals surface area contributed by atoms with Crippen LogP contribution in [0.5, 0.6) is 5.75 Å². The van der Waals surface area contributed by atoms with Crippen LogP contribution in [0.2, 0.25) is 5.02 Å². The number of halogens is 4. The molecular weight excluding hydrogens is 451 g/mol. The zero-order chi connectivity index (χ0) is 22.9. The van der Waals surface area contributed by atoms with Gasteiger partial charge in [0.05, 0.1) is 0 Å². The van der Waals surface area contributed by atoms with Gasteiger partial charge in [0.1, 0.15) is 27.7 Å². The van der Waals surface area contributed by atoms with E-state index in [1.54, 1.807) is 0 Å². The summed E-state index contributed by atoms with van der Waals surface area (Å²) >= 11 is 7.11. The molecule has 31 heavy (non-hydrogen) atoms. The lowest BCUT2D eigenvalue weighted by molar-refractivity contribution is -0.428. The Morgan fingerprint density at radius 2 is 1.74 bits per heavy atom. The van der Waals surface area contributed by atoms with Crippen LogP contribution in [0.1, 0.15) is 28.0 Å². The van der Waals surface area contributed by atoms with Crippen molar-refractivity contribution in [3.63, 3.8) is 0 Å². The third kappa shape index (κ3) is 5.25. The molecule has 0 bridgehead atoms. The van der Waals surface area contributed by atoms with Crippen LogP contribution in [0.15, 0.2) is 44.7 Å². The van der Waals surface area contributed by atoms with E-state index in [4.69, 9.17) is 16.0 Å². The van der Waals surface area contributed by atoms with Crippen LogP contribution in [0.3, 0.4) is 0 Å². The number of aromatic nitrogens is 1. The Balaban J connectivity index is 1.77. The van der Waals surface area contributed by atoms with Crippen LogP contribution >= 0.6 is 23.4 Å². The van der Waals surface area contributed by atoms with Crippen molar-refractivity contribution in [2.75, 3.05) is 5.75 Å². The van der Waals surface area contributed by atoms with E-state index in [9.17, 15) is 23.1 Å². The minimum atomic E-state index is -4.49. The molecule has 0 atom stereocenters. The first-order chi connectivity index (χ1) is 14.5. The lowest BCUT2D eigenvalue weighted by Crippen LogP contribution is -2.14. The van der Waals surface area contributed by atoms with Crippen LogP contribution in [-0.4, -0.2) is 10.9 Å². The Morgan fingerprint density at radius 3 is 2.29 bits per heavy atom. The first kappa shape index (κ1) is 23.2. The minimum Gasteiger partial charge on any atom is -0.507 e. The number of aromatic amines is 1. The van der Waals surface area contributed by atoms with Gasteiger partial charge in [0.15, 0.2) is 6.20 Å². The lowest BCUT2D eigenvalue weighted by atomic mass is 9.94. The molecule has 3 aromatic rings. The molecule has 0 aliphatic carbocycles. The summed E-state index contributed by atoms with van der Waals surface area (Å²) in [4.78, 5) is 15.1. The predicted molar refractivity (Wildman–Crippen MR) is 114 cm³/mol. The Hall–Kier alpha value is -2.45. The predicted octanol–water partition coefficient (Wildman–Crippen LogP) is 5.76. The van der Waals surface area contributed by atoms with Gasteiger partial charge >= 0.3 is 11.8 Å². The highest BCUT2D eigenvalue weighted by Gasteiger charge is 2.34. The van der Waals surface area contributed by atoms with Crippen molar-refractivity contribution in [2.24, 2.45) is 0 Å². The Morgan fingerprint density at radius 1 is 1.10 bits per heavy atom. The number of aryl methyl sites for hydroxylation is 4. The molecule has 0 aliphatic heterocycles. The molecule has 9 heteroatoms. The number of hydrogen-bond acceptors (Lipinski definition) is 4. The zero-order valence-corrected chi connectivity index (χ0v) is 18.6. The van der Waals surface area contributed by atoms with Crippen molar-refractivity contribution < 1.29 is 27.7 Å². The van der Waals surface area contributed by atoms with E-state index in [0.29, 0.717) is 16.3 Å². The van der Waals surface area contributed by atoms with E-state index in [2.05, 4.69) is 4.98 Å². The number of aromatic hydroxyl groups is 1. The highest BCUT2D eigenvalue weighted by molar-refractivity contribution is 7.99. The van der Waals surface area contributed by atoms with Gasteiger partial charge in [-0.05, 0) is 43.5 Å². The number of pyridine rings is 1. The molecule has 0 aliphatic rings. The normalized spacial score (nSPS) is 11.7. The molecule has 0 unspecified atom stereocenters. The second-order valence-corrected chi connectivity index (χ2v) is 8.71. The average molecular weight is 471 g/mol. The standard InChI is InChI=1S/C22H19ClF3NO3S/c1-11-6-12(2)18(13(3)7-11)19-17(28)9-15(30-21(19)29)4-5-31-20-16(23)8-14(10-27-20)22(24,25)26/h6-10,28H,4-5H2,1-3H3/p+1. The van der Waals surface area contributed by atoms with Gasteiger partial charge < -0.3 is 9.52 Å². The third-order valence-electron chi connectivity index (χ3n) is 4.69. The molecule has 0 amide bonds. The summed E-state index contributed by atoms with van der Waals surface area (Å²) in [5, 5.41) is 10.8. The molecule has 0 saturated heterocycles. The highest BCUT2D eigenvalue weighted by Crippen LogP contribution is 2.34. The summed E-state index contributed by atoms with van der Waals surface area (Å²) in [7, 11) is 0. The Kier molecular flexibility index (Phi) is 6.71. The van der Waals surface area contributed by atoms with Crippen LogP contribution in [0.25, 0.3) is 11.1 Å². The maximum absolute atomic E-state index is 12.7. The number of rotatable bonds is 5. The number of hydrogen-bond donors (Lipinski definition) is 1. The number of benzene rings is 1. The fourth-order valence-electron chi connectivity index (χ4n) is 3.44. The molecular formula is C22H20ClF3NO3S+. The van der Waals surface area contributed by atoms with E-state index in [1.807, 2.05) is 32.9 Å². The number of thioether (sulfide) groups is 1. The fourth-order valence-corrected chi connectivity index (χ4v) is 4.62. The van der Waals surface area contributed by atoms with Crippen molar-refractivity contribution in [1.82, 2.24) is 0 Å². The van der Waals surface area contributed by atoms with Gasteiger partial charge in [-0.1, -0.05) is 41.1 Å². The van der Waals surface area contributed by atoms with Gasteiger partial charge in [0, 0.05) is 18.2 Å². The van der Waals surface area contributed by atoms with Crippen molar-refractivity contribution in [3.05, 3.63) is 73.9 Å². The first-order valence-corrected chi connectivity index (χ1v) is 10.7. The lowest BCUT2D eigenvalue weighted by Gasteiger charge is -2.12. The highest BCUT2D eigenvalue weighted by atomic mass is 35.5. The van der Waals surface area contributed by atoms with Crippen molar-refractivity contribution in [2.45, 2.75) is 38.4 Å². The Labute approximate surface area is 186 Å². The van der Waals surface area contributed by atoms with Crippen molar-refractivity contribution >= 4 is 23.4 Å². The quantitative estimate of drug-likeness (QED) is 0.481. The summed E-state index contributed by atoms with van der Waals surface area (Å²) in [6, 6.07) is 6.10. The monoisotopic (exact) mass is 470 g/mol. The van der Waals surface area contributed by atoms with Gasteiger partial charge in [-0.2, -0.15) is 13.2 Å². The van der Waals surface area contributed by atoms with Gasteiger partial charge in [-0.3, -0.25) is 0 Å². The van der Waals surface area contributed by atoms with E-state index in [0.717, 1.165) is 29.0 Å². The molecule has 4 nitrogen and oxygen atoms in total. The van der Waals surface area contributed by atoms with Crippen LogP contribution < -0.4 is 10.6 Å². The molecule has 3 rings (SSSR count). The van der Waals surface area contributed by atoms with E-state index in [-0.39, 0.29) is 28.5 Å². The second kappa shape index (κ2) is 8.96. The zero-order valence-electron chi connectivity index (χ0n) is 17.0. The average Bonchev–Trinajstić information content (AvgIpc) is 2.63. The fraction of sp³-hybridized carbons (Fsp3) is 0.273. The maximum Gasteiger partial charge on any atom is 0.422 e. The molecule has 2 N–H and O–H groups in total. The topological polar surface area (TPSA) is 64.6 Å². The molecule has 164 valence electrons. The molecule has 1 aromatic carbocycles. The van der Waals surface area contributed by atoms with Crippen molar-refractivity contribution in [3.8, 4) is 16.9 Å². The summed E-state index contributed by atoms with van der Waals surface area (Å²) in [5.74, 6) is 0.459. The number of nitrogens with one attached hydrogen (secondary N) is 1. The van der Waals surface area contributed by atoms with Gasteiger partial charge in [0.2, 0.25) is 0 Å². The second-order valence-electron chi connectivity index (χ2n) is 7.20. The van der Waals surface area contributed by atoms with Crippen molar-refractivity contribution in [1.29, 1.82) is 0 Å². The SMILES string of the molecule is Cc1cc(C)c(-c2c(O)cc(CCSc3[nH+]cc(C(F)(F)F)cc3Cl)oc2=O)c(C)c1. The van der Waals surface area contributed by atoms with E-state index >= 15 is 0 Å². The van der Waals surface area contributed by atoms with Crippen LogP contribution in [0.4, 0.5) is 13.2 Å². The third-order valence-corrected chi connectivity index (χ3v) is 6.13. The first-order valence-electron chi connectivity index (χ1n) is 9.33. The largest absolute Gasteiger partial charge is 0.507 e. The summed E-state index contributed by atoms with van der Waals surface area (Å²) in [5.41, 5.74) is 2.01. The van der Waals surface area contributed by atoms with Gasteiger partial charge in [0.25, 0.3) is 5.03 Å². The molecule has 0 radical (unpaired) electrons. The number of alkyl halides is 3. The molecule has 2 heterocycles. The summed E-state index contributed by atoms with van der Waals surface area (Å²) in [6.45, 7) is 5.68. The Bertz CT molecular complexity index is 1170. The molecule has 0 fully saturated rings. The summed E-state index contributed by atoms with van der Waals surface area (Å²) < 4.78 is 43.6. The van der Waals surface area contributed by atoms with Gasteiger partial charge in [-0.25, -0.2) is 9.78 Å². The van der Waals surface area contributed by atoms with E-state index in [1.165, 1.54) is 17.8 Å². The van der Waals surface area contributed by atoms with Crippen LogP contribution in [-0.2, 0) is 12.6 Å². The molecule has 2 aromatic heterocycles.